The molecule has 1 radical (unpaired) electrons. The average molecular weight is 207 g/mol. The summed E-state index contributed by atoms with van der Waals surface area (Å²) in [5.74, 6) is 0.136. The molecule has 0 N–H and O–H groups in total. The van der Waals surface area contributed by atoms with E-state index in [9.17, 15) is 9.90 Å². The maximum Gasteiger partial charge on any atom is 0.386 e. The topological polar surface area (TPSA) is 46.2 Å². The Kier molecular flexibility index (Phi) is 4.16. The molecule has 0 fully saturated rings. The molecular weight excluding hydrogens is 192 g/mol. The van der Waals surface area contributed by atoms with E-state index in [1.54, 1.807) is 12.1 Å². The lowest BCUT2D eigenvalue weighted by atomic mass is 10.1. The lowest BCUT2D eigenvalue weighted by Gasteiger charge is -2.07. The molecule has 15 heavy (non-hydrogen) atoms. The summed E-state index contributed by atoms with van der Waals surface area (Å²) in [5, 5.41) is 10.5. The van der Waals surface area contributed by atoms with Crippen molar-refractivity contribution in [1.82, 2.24) is 0 Å². The minimum Gasteiger partial charge on any atom is -0.494 e. The first kappa shape index (κ1) is 11.6. The molecule has 0 bridgehead atoms. The fourth-order valence-electron chi connectivity index (χ4n) is 1.10. The van der Waals surface area contributed by atoms with Gasteiger partial charge < -0.3 is 4.74 Å². The summed E-state index contributed by atoms with van der Waals surface area (Å²) >= 11 is 0. The lowest BCUT2D eigenvalue weighted by molar-refractivity contribution is 0.0573. The summed E-state index contributed by atoms with van der Waals surface area (Å²) < 4.78 is 5.44. The molecule has 0 spiro atoms. The Morgan fingerprint density at radius 3 is 2.33 bits per heavy atom. The van der Waals surface area contributed by atoms with Crippen LogP contribution in [0.25, 0.3) is 0 Å². The van der Waals surface area contributed by atoms with E-state index in [1.807, 2.05) is 0 Å². The summed E-state index contributed by atoms with van der Waals surface area (Å²) in [6.45, 7) is 4.91. The molecule has 0 heterocycles. The second-order valence-electron chi connectivity index (χ2n) is 3.84. The van der Waals surface area contributed by atoms with E-state index in [0.29, 0.717) is 18.3 Å². The summed E-state index contributed by atoms with van der Waals surface area (Å²) in [4.78, 5) is 10.5. The molecule has 0 aromatic heterocycles. The number of hydrogen-bond acceptors (Lipinski definition) is 2. The normalized spacial score (nSPS) is 10.3. The Morgan fingerprint density at radius 2 is 1.87 bits per heavy atom. The van der Waals surface area contributed by atoms with Crippen LogP contribution in [0.5, 0.6) is 5.75 Å². The summed E-state index contributed by atoms with van der Waals surface area (Å²) in [7, 11) is 0. The van der Waals surface area contributed by atoms with Crippen molar-refractivity contribution < 1.29 is 14.6 Å². The minimum atomic E-state index is -1.16. The van der Waals surface area contributed by atoms with Gasteiger partial charge in [0.15, 0.2) is 0 Å². The molecule has 0 unspecified atom stereocenters. The average Bonchev–Trinajstić information content (AvgIpc) is 2.18. The molecule has 0 saturated carbocycles. The van der Waals surface area contributed by atoms with E-state index in [1.165, 1.54) is 12.1 Å². The minimum absolute atomic E-state index is 0.172. The Morgan fingerprint density at radius 1 is 1.27 bits per heavy atom. The van der Waals surface area contributed by atoms with Gasteiger partial charge in [-0.15, -0.1) is 0 Å². The van der Waals surface area contributed by atoms with Crippen LogP contribution in [0.15, 0.2) is 24.3 Å². The first-order valence-corrected chi connectivity index (χ1v) is 5.04. The van der Waals surface area contributed by atoms with Crippen LogP contribution in [0.3, 0.4) is 0 Å². The van der Waals surface area contributed by atoms with Gasteiger partial charge in [-0.25, -0.2) is 9.90 Å². The van der Waals surface area contributed by atoms with Gasteiger partial charge in [-0.2, -0.15) is 0 Å². The molecule has 1 aromatic carbocycles. The van der Waals surface area contributed by atoms with Gasteiger partial charge >= 0.3 is 5.97 Å². The van der Waals surface area contributed by atoms with Crippen LogP contribution in [0.2, 0.25) is 0 Å². The van der Waals surface area contributed by atoms with E-state index in [0.717, 1.165) is 6.42 Å². The third-order valence-electron chi connectivity index (χ3n) is 2.05. The maximum atomic E-state index is 10.5. The quantitative estimate of drug-likeness (QED) is 0.745. The maximum absolute atomic E-state index is 10.5. The SMILES string of the molecule is CC(C)CCOc1ccc(C([O])=O)cc1. The number of hydrogen-bond donors (Lipinski definition) is 0. The number of rotatable bonds is 5. The smallest absolute Gasteiger partial charge is 0.386 e. The van der Waals surface area contributed by atoms with Crippen molar-refractivity contribution >= 4 is 5.97 Å². The van der Waals surface area contributed by atoms with Gasteiger partial charge in [0, 0.05) is 0 Å². The molecule has 1 rings (SSSR count). The zero-order valence-corrected chi connectivity index (χ0v) is 9.03. The number of ether oxygens (including phenoxy) is 1. The first-order chi connectivity index (χ1) is 7.09. The van der Waals surface area contributed by atoms with Gasteiger partial charge in [-0.3, -0.25) is 0 Å². The fourth-order valence-corrected chi connectivity index (χ4v) is 1.10. The molecule has 0 atom stereocenters. The van der Waals surface area contributed by atoms with Gasteiger partial charge in [0.25, 0.3) is 0 Å². The van der Waals surface area contributed by atoms with Crippen LogP contribution in [-0.2, 0) is 5.11 Å². The molecule has 3 heteroatoms. The standard InChI is InChI=1S/C12H15O3/c1-9(2)7-8-15-11-5-3-10(4-6-11)12(13)14/h3-6,9H,7-8H2,1-2H3. The third-order valence-corrected chi connectivity index (χ3v) is 2.05. The molecular formula is C12H15O3. The van der Waals surface area contributed by atoms with E-state index < -0.39 is 5.97 Å². The Labute approximate surface area is 89.7 Å². The Balaban J connectivity index is 2.46. The predicted octanol–water partition coefficient (Wildman–Crippen LogP) is 2.68. The highest BCUT2D eigenvalue weighted by molar-refractivity contribution is 5.87. The third kappa shape index (κ3) is 4.02. The highest BCUT2D eigenvalue weighted by atomic mass is 16.5. The van der Waals surface area contributed by atoms with Crippen LogP contribution in [-0.4, -0.2) is 12.6 Å². The van der Waals surface area contributed by atoms with Crippen LogP contribution in [0.4, 0.5) is 0 Å². The van der Waals surface area contributed by atoms with Crippen molar-refractivity contribution in [2.24, 2.45) is 5.92 Å². The second kappa shape index (κ2) is 5.39. The molecule has 0 saturated heterocycles. The number of benzene rings is 1. The van der Waals surface area contributed by atoms with Crippen LogP contribution < -0.4 is 4.74 Å². The molecule has 0 aliphatic carbocycles. The summed E-state index contributed by atoms with van der Waals surface area (Å²) in [6.07, 6.45) is 0.988. The zero-order valence-electron chi connectivity index (χ0n) is 9.03. The van der Waals surface area contributed by atoms with E-state index in [2.05, 4.69) is 13.8 Å². The largest absolute Gasteiger partial charge is 0.494 e. The zero-order chi connectivity index (χ0) is 11.3. The van der Waals surface area contributed by atoms with Crippen LogP contribution in [0, 0.1) is 5.92 Å². The summed E-state index contributed by atoms with van der Waals surface area (Å²) in [5.41, 5.74) is 0.172. The van der Waals surface area contributed by atoms with Crippen molar-refractivity contribution in [2.75, 3.05) is 6.61 Å². The van der Waals surface area contributed by atoms with E-state index in [4.69, 9.17) is 4.74 Å². The number of carbonyl (C=O) groups is 1. The summed E-state index contributed by atoms with van der Waals surface area (Å²) in [6, 6.07) is 6.26. The molecule has 3 nitrogen and oxygen atoms in total. The highest BCUT2D eigenvalue weighted by Crippen LogP contribution is 2.13. The van der Waals surface area contributed by atoms with Gasteiger partial charge in [-0.1, -0.05) is 13.8 Å². The Bertz CT molecular complexity index is 314. The molecule has 1 aromatic rings. The van der Waals surface area contributed by atoms with Crippen molar-refractivity contribution in [1.29, 1.82) is 0 Å². The highest BCUT2D eigenvalue weighted by Gasteiger charge is 2.04. The molecule has 0 amide bonds. The second-order valence-corrected chi connectivity index (χ2v) is 3.84. The van der Waals surface area contributed by atoms with Crippen molar-refractivity contribution in [3.05, 3.63) is 29.8 Å². The van der Waals surface area contributed by atoms with Gasteiger partial charge in [0.05, 0.1) is 12.2 Å². The monoisotopic (exact) mass is 207 g/mol. The van der Waals surface area contributed by atoms with Crippen molar-refractivity contribution in [3.63, 3.8) is 0 Å². The molecule has 0 aliphatic rings. The molecule has 81 valence electrons. The lowest BCUT2D eigenvalue weighted by Crippen LogP contribution is -2.01. The van der Waals surface area contributed by atoms with Gasteiger partial charge in [-0.05, 0) is 36.6 Å². The van der Waals surface area contributed by atoms with Crippen molar-refractivity contribution in [3.8, 4) is 5.75 Å². The first-order valence-electron chi connectivity index (χ1n) is 5.04. The van der Waals surface area contributed by atoms with Crippen molar-refractivity contribution in [2.45, 2.75) is 20.3 Å². The van der Waals surface area contributed by atoms with Crippen LogP contribution >= 0.6 is 0 Å². The number of carbonyl (C=O) groups excluding carboxylic acids is 1. The van der Waals surface area contributed by atoms with Crippen LogP contribution in [0.1, 0.15) is 30.6 Å². The fraction of sp³-hybridized carbons (Fsp3) is 0.417. The Hall–Kier alpha value is -1.51. The van der Waals surface area contributed by atoms with E-state index >= 15 is 0 Å². The van der Waals surface area contributed by atoms with Gasteiger partial charge in [0.1, 0.15) is 5.75 Å². The van der Waals surface area contributed by atoms with E-state index in [-0.39, 0.29) is 5.56 Å². The van der Waals surface area contributed by atoms with Gasteiger partial charge in [0.2, 0.25) is 0 Å². The predicted molar refractivity (Wildman–Crippen MR) is 56.4 cm³/mol. The molecule has 0 aliphatic heterocycles.